The molecular formula is C28H15Cl3N6O3. The summed E-state index contributed by atoms with van der Waals surface area (Å²) in [6.07, 6.45) is 5.37. The van der Waals surface area contributed by atoms with Gasteiger partial charge in [-0.3, -0.25) is 14.4 Å². The number of hydrogen-bond donors (Lipinski definition) is 1. The molecule has 5 aromatic rings. The Morgan fingerprint density at radius 1 is 0.725 bits per heavy atom. The van der Waals surface area contributed by atoms with Crippen molar-refractivity contribution in [2.45, 2.75) is 6.42 Å². The van der Waals surface area contributed by atoms with Gasteiger partial charge in [0.25, 0.3) is 15.7 Å². The average Bonchev–Trinajstić information content (AvgIpc) is 2.95. The van der Waals surface area contributed by atoms with Crippen LogP contribution in [0.5, 0.6) is 0 Å². The van der Waals surface area contributed by atoms with E-state index in [1.54, 1.807) is 61.7 Å². The zero-order valence-corrected chi connectivity index (χ0v) is 22.8. The molecule has 1 N–H and O–H groups in total. The summed E-state index contributed by atoms with van der Waals surface area (Å²) in [6.45, 7) is 0. The van der Waals surface area contributed by atoms with Crippen LogP contribution in [0.4, 0.5) is 11.4 Å². The number of nitrogens with one attached hydrogen (secondary N) is 1. The number of anilines is 1. The molecule has 196 valence electrons. The molecule has 3 aromatic carbocycles. The van der Waals surface area contributed by atoms with Crippen LogP contribution in [-0.2, 0) is 4.79 Å². The van der Waals surface area contributed by atoms with Crippen LogP contribution in [0.3, 0.4) is 0 Å². The number of hydrogen-bond acceptors (Lipinski definition) is 9. The minimum atomic E-state index is -0.617. The van der Waals surface area contributed by atoms with E-state index in [4.69, 9.17) is 59.7 Å². The highest BCUT2D eigenvalue weighted by Gasteiger charge is 2.21. The van der Waals surface area contributed by atoms with Crippen LogP contribution in [0.2, 0.25) is 0 Å². The van der Waals surface area contributed by atoms with E-state index in [9.17, 15) is 14.4 Å². The molecule has 6 rings (SSSR count). The second kappa shape index (κ2) is 10.0. The van der Waals surface area contributed by atoms with Crippen LogP contribution in [0, 0.1) is 0 Å². The monoisotopic (exact) mass is 588 g/mol. The van der Waals surface area contributed by atoms with Gasteiger partial charge in [0.15, 0.2) is 0 Å². The number of halogens is 3. The number of allylic oxidation sites excluding steroid dienone is 4. The quantitative estimate of drug-likeness (QED) is 0.142. The maximum atomic E-state index is 11.8. The second-order valence-electron chi connectivity index (χ2n) is 8.84. The van der Waals surface area contributed by atoms with Crippen molar-refractivity contribution < 1.29 is 14.4 Å². The third-order valence-corrected chi connectivity index (χ3v) is 7.08. The second-order valence-corrected chi connectivity index (χ2v) is 9.87. The van der Waals surface area contributed by atoms with Crippen LogP contribution in [0.15, 0.2) is 65.2 Å². The smallest absolute Gasteiger partial charge is 0.252 e. The zero-order valence-electron chi connectivity index (χ0n) is 20.5. The Balaban J connectivity index is 1.72. The normalized spacial score (nSPS) is 14.3. The molecule has 0 spiro atoms. The first kappa shape index (κ1) is 25.9. The SMILES string of the molecule is CNc1c(N=C2C=CC(C(=O)Cl)=CC2)c2nc3ccc(C(=O)Cl)cc3nc2c2nc3ccc(C(=O)Cl)cc3nc12. The summed E-state index contributed by atoms with van der Waals surface area (Å²) in [7, 11) is 1.72. The summed E-state index contributed by atoms with van der Waals surface area (Å²) >= 11 is 17.0. The number of aliphatic imine (C=N–C) groups is 1. The lowest BCUT2D eigenvalue weighted by Gasteiger charge is -2.15. The number of nitrogens with zero attached hydrogens (tertiary/aromatic N) is 5. The van der Waals surface area contributed by atoms with E-state index in [1.807, 2.05) is 0 Å². The molecule has 12 heteroatoms. The maximum Gasteiger partial charge on any atom is 0.252 e. The van der Waals surface area contributed by atoms with Crippen LogP contribution < -0.4 is 5.32 Å². The van der Waals surface area contributed by atoms with Crippen molar-refractivity contribution in [3.8, 4) is 0 Å². The number of fused-ring (bicyclic) bond motifs is 5. The lowest BCUT2D eigenvalue weighted by atomic mass is 10.1. The van der Waals surface area contributed by atoms with Gasteiger partial charge in [-0.25, -0.2) is 24.9 Å². The van der Waals surface area contributed by atoms with E-state index in [0.717, 1.165) is 0 Å². The minimum absolute atomic E-state index is 0.276. The fourth-order valence-electron chi connectivity index (χ4n) is 4.51. The third kappa shape index (κ3) is 4.48. The van der Waals surface area contributed by atoms with Crippen molar-refractivity contribution in [2.75, 3.05) is 12.4 Å². The maximum absolute atomic E-state index is 11.8. The van der Waals surface area contributed by atoms with Gasteiger partial charge in [-0.1, -0.05) is 6.08 Å². The lowest BCUT2D eigenvalue weighted by molar-refractivity contribution is -0.108. The van der Waals surface area contributed by atoms with Crippen molar-refractivity contribution in [3.05, 3.63) is 71.3 Å². The summed E-state index contributed by atoms with van der Waals surface area (Å²) in [4.78, 5) is 59.3. The van der Waals surface area contributed by atoms with Crippen LogP contribution in [0.25, 0.3) is 44.1 Å². The van der Waals surface area contributed by atoms with E-state index in [-0.39, 0.29) is 11.1 Å². The summed E-state index contributed by atoms with van der Waals surface area (Å²) in [5.74, 6) is 0. The summed E-state index contributed by atoms with van der Waals surface area (Å²) in [6, 6.07) is 9.59. The van der Waals surface area contributed by atoms with Crippen molar-refractivity contribution in [1.29, 1.82) is 0 Å². The van der Waals surface area contributed by atoms with E-state index < -0.39 is 15.7 Å². The molecule has 40 heavy (non-hydrogen) atoms. The molecule has 0 unspecified atom stereocenters. The largest absolute Gasteiger partial charge is 0.384 e. The molecule has 1 aliphatic carbocycles. The van der Waals surface area contributed by atoms with E-state index in [2.05, 4.69) is 5.32 Å². The highest BCUT2D eigenvalue weighted by Crippen LogP contribution is 2.41. The fraction of sp³-hybridized carbons (Fsp3) is 0.0714. The van der Waals surface area contributed by atoms with Crippen LogP contribution in [0.1, 0.15) is 27.1 Å². The topological polar surface area (TPSA) is 127 Å². The van der Waals surface area contributed by atoms with Gasteiger partial charge in [-0.15, -0.1) is 0 Å². The number of carbonyl (C=O) groups excluding carboxylic acids is 3. The molecule has 2 heterocycles. The van der Waals surface area contributed by atoms with Gasteiger partial charge in [0.1, 0.15) is 27.8 Å². The molecule has 9 nitrogen and oxygen atoms in total. The molecular weight excluding hydrogens is 575 g/mol. The first-order valence-electron chi connectivity index (χ1n) is 11.9. The lowest BCUT2D eigenvalue weighted by Crippen LogP contribution is -2.04. The summed E-state index contributed by atoms with van der Waals surface area (Å²) < 4.78 is 0. The van der Waals surface area contributed by atoms with Gasteiger partial charge >= 0.3 is 0 Å². The Kier molecular flexibility index (Phi) is 6.50. The number of benzene rings is 3. The number of carbonyl (C=O) groups is 3. The van der Waals surface area contributed by atoms with Gasteiger partial charge in [0, 0.05) is 35.9 Å². The summed E-state index contributed by atoms with van der Waals surface area (Å²) in [5.41, 5.74) is 6.20. The van der Waals surface area contributed by atoms with Crippen molar-refractivity contribution in [3.63, 3.8) is 0 Å². The zero-order chi connectivity index (χ0) is 28.1. The third-order valence-electron chi connectivity index (χ3n) is 6.42. The van der Waals surface area contributed by atoms with Crippen molar-refractivity contribution in [1.82, 2.24) is 19.9 Å². The predicted molar refractivity (Wildman–Crippen MR) is 157 cm³/mol. The van der Waals surface area contributed by atoms with E-state index in [0.29, 0.717) is 73.2 Å². The van der Waals surface area contributed by atoms with Gasteiger partial charge < -0.3 is 5.32 Å². The molecule has 0 bridgehead atoms. The predicted octanol–water partition coefficient (Wildman–Crippen LogP) is 6.40. The summed E-state index contributed by atoms with van der Waals surface area (Å²) in [5, 5.41) is 1.39. The fourth-order valence-corrected chi connectivity index (χ4v) is 4.88. The Bertz CT molecular complexity index is 2070. The molecule has 2 aromatic heterocycles. The minimum Gasteiger partial charge on any atom is -0.384 e. The van der Waals surface area contributed by atoms with Crippen molar-refractivity contribution >= 4 is 112 Å². The molecule has 0 fully saturated rings. The highest BCUT2D eigenvalue weighted by atomic mass is 35.5. The van der Waals surface area contributed by atoms with Crippen LogP contribution >= 0.6 is 34.8 Å². The van der Waals surface area contributed by atoms with E-state index in [1.165, 1.54) is 0 Å². The van der Waals surface area contributed by atoms with Gasteiger partial charge in [-0.2, -0.15) is 0 Å². The van der Waals surface area contributed by atoms with Gasteiger partial charge in [-0.05, 0) is 83.4 Å². The Labute approximate surface area is 240 Å². The standard InChI is InChI=1S/C28H15Cl3N6O3/c1-32-20-21(33-15-6-2-12(3-7-15)26(29)38)23-25(37-19-11-14(28(31)40)5-9-17(19)34-23)24-22(20)36-18-10-13(27(30)39)4-8-16(18)35-24/h2-6,8-11,32H,7H2,1H3. The Morgan fingerprint density at radius 2 is 1.27 bits per heavy atom. The van der Waals surface area contributed by atoms with Gasteiger partial charge in [0.05, 0.1) is 27.8 Å². The molecule has 1 aliphatic rings. The Hall–Kier alpha value is -4.31. The molecule has 0 aliphatic heterocycles. The first-order valence-corrected chi connectivity index (χ1v) is 13.0. The average molecular weight is 590 g/mol. The van der Waals surface area contributed by atoms with Crippen LogP contribution in [-0.4, -0.2) is 48.4 Å². The highest BCUT2D eigenvalue weighted by molar-refractivity contribution is 6.68. The van der Waals surface area contributed by atoms with Gasteiger partial charge in [0.2, 0.25) is 0 Å². The number of aromatic nitrogens is 4. The molecule has 0 radical (unpaired) electrons. The first-order chi connectivity index (χ1) is 19.2. The molecule has 0 atom stereocenters. The molecule has 0 amide bonds. The van der Waals surface area contributed by atoms with E-state index >= 15 is 0 Å². The van der Waals surface area contributed by atoms with Crippen molar-refractivity contribution in [2.24, 2.45) is 4.99 Å². The molecule has 0 saturated carbocycles. The number of rotatable bonds is 5. The Morgan fingerprint density at radius 3 is 1.80 bits per heavy atom. The molecule has 0 saturated heterocycles.